The number of aromatic amines is 1. The first-order valence-corrected chi connectivity index (χ1v) is 10.3. The largest absolute Gasteiger partial charge is 0.444 e. The molecule has 0 atom stereocenters. The molecular weight excluding hydrogens is 376 g/mol. The van der Waals surface area contributed by atoms with E-state index in [1.54, 1.807) is 11.2 Å². The zero-order chi connectivity index (χ0) is 21.1. The van der Waals surface area contributed by atoms with Gasteiger partial charge < -0.3 is 19.5 Å². The summed E-state index contributed by atoms with van der Waals surface area (Å²) in [6.07, 6.45) is 3.26. The summed E-state index contributed by atoms with van der Waals surface area (Å²) in [5, 5.41) is 0. The van der Waals surface area contributed by atoms with Crippen LogP contribution in [-0.4, -0.2) is 39.7 Å². The van der Waals surface area contributed by atoms with E-state index in [4.69, 9.17) is 4.74 Å². The van der Waals surface area contributed by atoms with E-state index in [-0.39, 0.29) is 6.09 Å². The lowest BCUT2D eigenvalue weighted by Gasteiger charge is -2.27. The molecule has 156 valence electrons. The molecule has 0 fully saturated rings. The van der Waals surface area contributed by atoms with Crippen LogP contribution in [0.4, 0.5) is 10.5 Å². The van der Waals surface area contributed by atoms with Gasteiger partial charge in [0.25, 0.3) is 0 Å². The fraction of sp³-hybridized carbons (Fsp3) is 0.333. The number of aromatic nitrogens is 2. The Morgan fingerprint density at radius 3 is 2.60 bits per heavy atom. The summed E-state index contributed by atoms with van der Waals surface area (Å²) in [6, 6.07) is 16.8. The second kappa shape index (κ2) is 8.22. The lowest BCUT2D eigenvalue weighted by molar-refractivity contribution is 0.0243. The number of nitrogens with zero attached hydrogens (tertiary/aromatic N) is 3. The van der Waals surface area contributed by atoms with Gasteiger partial charge in [-0.2, -0.15) is 0 Å². The third kappa shape index (κ3) is 4.64. The van der Waals surface area contributed by atoms with Gasteiger partial charge in [-0.25, -0.2) is 9.78 Å². The van der Waals surface area contributed by atoms with Crippen LogP contribution in [0, 0.1) is 0 Å². The lowest BCUT2D eigenvalue weighted by Crippen LogP contribution is -2.39. The average Bonchev–Trinajstić information content (AvgIpc) is 3.15. The van der Waals surface area contributed by atoms with Crippen molar-refractivity contribution >= 4 is 11.8 Å². The number of ether oxygens (including phenoxy) is 1. The molecule has 2 aromatic carbocycles. The zero-order valence-electron chi connectivity index (χ0n) is 17.8. The smallest absolute Gasteiger partial charge is 0.410 e. The highest BCUT2D eigenvalue weighted by atomic mass is 16.6. The highest BCUT2D eigenvalue weighted by molar-refractivity contribution is 5.72. The molecule has 1 aliphatic heterocycles. The summed E-state index contributed by atoms with van der Waals surface area (Å²) < 4.78 is 5.66. The van der Waals surface area contributed by atoms with Gasteiger partial charge in [-0.15, -0.1) is 0 Å². The molecule has 4 rings (SSSR count). The summed E-state index contributed by atoms with van der Waals surface area (Å²) >= 11 is 0. The molecule has 0 unspecified atom stereocenters. The lowest BCUT2D eigenvalue weighted by atomic mass is 10.0. The van der Waals surface area contributed by atoms with Gasteiger partial charge >= 0.3 is 6.09 Å². The SMILES string of the molecule is CC(C)(C)OC(=O)N1CCN(Cc2cnc[nH]2)c2ccc(-c3ccccc3)cc2C1. The molecule has 30 heavy (non-hydrogen) atoms. The molecule has 1 aliphatic rings. The van der Waals surface area contributed by atoms with Crippen LogP contribution in [-0.2, 0) is 17.8 Å². The molecule has 6 heteroatoms. The van der Waals surface area contributed by atoms with E-state index < -0.39 is 5.60 Å². The number of amides is 1. The van der Waals surface area contributed by atoms with Gasteiger partial charge in [0.2, 0.25) is 0 Å². The van der Waals surface area contributed by atoms with Crippen molar-refractivity contribution in [2.75, 3.05) is 18.0 Å². The number of carbonyl (C=O) groups is 1. The molecular formula is C24H28N4O2. The van der Waals surface area contributed by atoms with E-state index in [1.165, 1.54) is 0 Å². The number of fused-ring (bicyclic) bond motifs is 1. The van der Waals surface area contributed by atoms with Crippen LogP contribution in [0.25, 0.3) is 11.1 Å². The summed E-state index contributed by atoms with van der Waals surface area (Å²) in [7, 11) is 0. The monoisotopic (exact) mass is 404 g/mol. The zero-order valence-corrected chi connectivity index (χ0v) is 17.8. The summed E-state index contributed by atoms with van der Waals surface area (Å²) in [4.78, 5) is 24.2. The predicted molar refractivity (Wildman–Crippen MR) is 118 cm³/mol. The Morgan fingerprint density at radius 2 is 1.90 bits per heavy atom. The topological polar surface area (TPSA) is 61.5 Å². The van der Waals surface area contributed by atoms with Gasteiger partial charge in [-0.3, -0.25) is 0 Å². The highest BCUT2D eigenvalue weighted by Crippen LogP contribution is 2.31. The number of hydrogen-bond donors (Lipinski definition) is 1. The van der Waals surface area contributed by atoms with Crippen molar-refractivity contribution in [3.05, 3.63) is 72.3 Å². The molecule has 0 saturated heterocycles. The third-order valence-corrected chi connectivity index (χ3v) is 5.10. The number of imidazole rings is 1. The van der Waals surface area contributed by atoms with E-state index in [9.17, 15) is 4.79 Å². The molecule has 0 aliphatic carbocycles. The maximum Gasteiger partial charge on any atom is 0.410 e. The Hall–Kier alpha value is -3.28. The van der Waals surface area contributed by atoms with Crippen molar-refractivity contribution in [3.63, 3.8) is 0 Å². The second-order valence-electron chi connectivity index (χ2n) is 8.61. The van der Waals surface area contributed by atoms with Gasteiger partial charge in [0.05, 0.1) is 25.1 Å². The molecule has 3 aromatic rings. The average molecular weight is 405 g/mol. The minimum absolute atomic E-state index is 0.276. The molecule has 6 nitrogen and oxygen atoms in total. The van der Waals surface area contributed by atoms with Gasteiger partial charge in [-0.1, -0.05) is 36.4 Å². The first kappa shape index (κ1) is 20.0. The Morgan fingerprint density at radius 1 is 1.10 bits per heavy atom. The van der Waals surface area contributed by atoms with Gasteiger partial charge in [-0.05, 0) is 49.6 Å². The Labute approximate surface area is 177 Å². The highest BCUT2D eigenvalue weighted by Gasteiger charge is 2.27. The van der Waals surface area contributed by atoms with Crippen LogP contribution in [0.2, 0.25) is 0 Å². The van der Waals surface area contributed by atoms with E-state index in [1.807, 2.05) is 45.2 Å². The first-order valence-electron chi connectivity index (χ1n) is 10.3. The van der Waals surface area contributed by atoms with Crippen molar-refractivity contribution in [1.82, 2.24) is 14.9 Å². The summed E-state index contributed by atoms with van der Waals surface area (Å²) in [5.41, 5.74) is 5.07. The Bertz CT molecular complexity index is 994. The van der Waals surface area contributed by atoms with Gasteiger partial charge in [0.15, 0.2) is 0 Å². The number of benzene rings is 2. The number of H-pyrrole nitrogens is 1. The predicted octanol–water partition coefficient (Wildman–Crippen LogP) is 4.83. The Balaban J connectivity index is 1.68. The normalized spacial score (nSPS) is 14.2. The number of hydrogen-bond acceptors (Lipinski definition) is 4. The molecule has 0 saturated carbocycles. The van der Waals surface area contributed by atoms with Crippen molar-refractivity contribution in [3.8, 4) is 11.1 Å². The maximum atomic E-state index is 12.8. The van der Waals surface area contributed by atoms with Crippen molar-refractivity contribution in [2.45, 2.75) is 39.5 Å². The minimum atomic E-state index is -0.520. The molecule has 1 N–H and O–H groups in total. The minimum Gasteiger partial charge on any atom is -0.444 e. The van der Waals surface area contributed by atoms with Crippen LogP contribution in [0.1, 0.15) is 32.0 Å². The molecule has 2 heterocycles. The van der Waals surface area contributed by atoms with Crippen LogP contribution in [0.3, 0.4) is 0 Å². The fourth-order valence-electron chi connectivity index (χ4n) is 3.70. The van der Waals surface area contributed by atoms with Crippen molar-refractivity contribution in [2.24, 2.45) is 0 Å². The standard InChI is InChI=1S/C24H28N4O2/c1-24(2,3)30-23(29)28-12-11-27(16-21-14-25-17-26-21)22-10-9-19(13-20(22)15-28)18-7-5-4-6-8-18/h4-10,13-14,17H,11-12,15-16H2,1-3H3,(H,25,26). The molecule has 0 spiro atoms. The van der Waals surface area contributed by atoms with Gasteiger partial charge in [0, 0.05) is 25.0 Å². The summed E-state index contributed by atoms with van der Waals surface area (Å²) in [5.74, 6) is 0. The van der Waals surface area contributed by atoms with E-state index in [0.717, 1.165) is 34.6 Å². The number of rotatable bonds is 3. The Kier molecular flexibility index (Phi) is 5.48. The van der Waals surface area contributed by atoms with Crippen LogP contribution < -0.4 is 4.90 Å². The van der Waals surface area contributed by atoms with Crippen molar-refractivity contribution in [1.29, 1.82) is 0 Å². The molecule has 0 radical (unpaired) electrons. The number of nitrogens with one attached hydrogen (secondary N) is 1. The van der Waals surface area contributed by atoms with E-state index in [2.05, 4.69) is 45.2 Å². The van der Waals surface area contributed by atoms with Crippen molar-refractivity contribution < 1.29 is 9.53 Å². The molecule has 1 aromatic heterocycles. The van der Waals surface area contributed by atoms with Crippen LogP contribution >= 0.6 is 0 Å². The first-order chi connectivity index (χ1) is 14.4. The van der Waals surface area contributed by atoms with E-state index in [0.29, 0.717) is 19.6 Å². The molecule has 0 bridgehead atoms. The molecule has 1 amide bonds. The second-order valence-corrected chi connectivity index (χ2v) is 8.61. The third-order valence-electron chi connectivity index (χ3n) is 5.10. The fourth-order valence-corrected chi connectivity index (χ4v) is 3.70. The van der Waals surface area contributed by atoms with Crippen LogP contribution in [0.15, 0.2) is 61.1 Å². The summed E-state index contributed by atoms with van der Waals surface area (Å²) in [6.45, 7) is 8.23. The quantitative estimate of drug-likeness (QED) is 0.679. The maximum absolute atomic E-state index is 12.8. The number of anilines is 1. The number of carbonyl (C=O) groups excluding carboxylic acids is 1. The van der Waals surface area contributed by atoms with E-state index >= 15 is 0 Å². The van der Waals surface area contributed by atoms with Crippen LogP contribution in [0.5, 0.6) is 0 Å². The van der Waals surface area contributed by atoms with Gasteiger partial charge in [0.1, 0.15) is 5.60 Å².